The predicted octanol–water partition coefficient (Wildman–Crippen LogP) is 1.74. The summed E-state index contributed by atoms with van der Waals surface area (Å²) in [5.74, 6) is 0.433. The molecule has 0 radical (unpaired) electrons. The van der Waals surface area contributed by atoms with Crippen molar-refractivity contribution in [1.29, 1.82) is 0 Å². The molecule has 0 aromatic heterocycles. The molecule has 0 atom stereocenters. The summed E-state index contributed by atoms with van der Waals surface area (Å²) in [5.41, 5.74) is 1.32. The van der Waals surface area contributed by atoms with Gasteiger partial charge in [0.2, 0.25) is 15.9 Å². The second-order valence-electron chi connectivity index (χ2n) is 4.36. The number of hydrogen-bond donors (Lipinski definition) is 2. The standard InChI is InChI=1S/C13H19ClN2O3S/c1-15-13(17)10-11-4-6-12(7-5-11)16-20(18,19)9-3-2-8-14/h4-7,16H,2-3,8-10H2,1H3,(H,15,17). The van der Waals surface area contributed by atoms with Crippen molar-refractivity contribution >= 4 is 33.2 Å². The summed E-state index contributed by atoms with van der Waals surface area (Å²) < 4.78 is 26.0. The smallest absolute Gasteiger partial charge is 0.232 e. The van der Waals surface area contributed by atoms with Crippen LogP contribution in [0.15, 0.2) is 24.3 Å². The van der Waals surface area contributed by atoms with E-state index in [1.54, 1.807) is 31.3 Å². The van der Waals surface area contributed by atoms with E-state index in [4.69, 9.17) is 11.6 Å². The monoisotopic (exact) mass is 318 g/mol. The Labute approximate surface area is 124 Å². The highest BCUT2D eigenvalue weighted by Crippen LogP contribution is 2.12. The maximum atomic E-state index is 11.8. The molecule has 0 saturated carbocycles. The molecule has 1 amide bonds. The van der Waals surface area contributed by atoms with Crippen LogP contribution < -0.4 is 10.0 Å². The summed E-state index contributed by atoms with van der Waals surface area (Å²) in [4.78, 5) is 11.2. The van der Waals surface area contributed by atoms with Crippen molar-refractivity contribution in [3.8, 4) is 0 Å². The van der Waals surface area contributed by atoms with Crippen LogP contribution >= 0.6 is 11.6 Å². The van der Waals surface area contributed by atoms with Crippen molar-refractivity contribution in [3.63, 3.8) is 0 Å². The summed E-state index contributed by atoms with van der Waals surface area (Å²) in [6, 6.07) is 6.76. The van der Waals surface area contributed by atoms with Gasteiger partial charge in [-0.3, -0.25) is 9.52 Å². The number of rotatable bonds is 8. The number of unbranched alkanes of at least 4 members (excludes halogenated alkanes) is 1. The van der Waals surface area contributed by atoms with Gasteiger partial charge in [0.15, 0.2) is 0 Å². The summed E-state index contributed by atoms with van der Waals surface area (Å²) in [6.45, 7) is 0. The Kier molecular flexibility index (Phi) is 6.81. The third kappa shape index (κ3) is 6.25. The van der Waals surface area contributed by atoms with Crippen LogP contribution in [0.25, 0.3) is 0 Å². The molecule has 0 aliphatic carbocycles. The number of carbonyl (C=O) groups excluding carboxylic acids is 1. The first-order chi connectivity index (χ1) is 9.46. The van der Waals surface area contributed by atoms with Gasteiger partial charge in [-0.2, -0.15) is 0 Å². The van der Waals surface area contributed by atoms with Gasteiger partial charge in [-0.15, -0.1) is 11.6 Å². The van der Waals surface area contributed by atoms with E-state index in [2.05, 4.69) is 10.0 Å². The fourth-order valence-electron chi connectivity index (χ4n) is 1.58. The van der Waals surface area contributed by atoms with Crippen molar-refractivity contribution in [1.82, 2.24) is 5.32 Å². The van der Waals surface area contributed by atoms with Crippen molar-refractivity contribution < 1.29 is 13.2 Å². The van der Waals surface area contributed by atoms with Crippen molar-refractivity contribution in [2.75, 3.05) is 23.4 Å². The summed E-state index contributed by atoms with van der Waals surface area (Å²) >= 11 is 5.51. The van der Waals surface area contributed by atoms with E-state index in [0.29, 0.717) is 24.4 Å². The van der Waals surface area contributed by atoms with Gasteiger partial charge in [0.05, 0.1) is 12.2 Å². The molecule has 0 aliphatic heterocycles. The van der Waals surface area contributed by atoms with E-state index in [9.17, 15) is 13.2 Å². The lowest BCUT2D eigenvalue weighted by atomic mass is 10.1. The molecule has 5 nitrogen and oxygen atoms in total. The molecule has 20 heavy (non-hydrogen) atoms. The van der Waals surface area contributed by atoms with E-state index >= 15 is 0 Å². The quantitative estimate of drug-likeness (QED) is 0.566. The number of nitrogens with one attached hydrogen (secondary N) is 2. The maximum Gasteiger partial charge on any atom is 0.232 e. The number of likely N-dealkylation sites (N-methyl/N-ethyl adjacent to an activating group) is 1. The molecule has 7 heteroatoms. The third-order valence-electron chi connectivity index (χ3n) is 2.67. The molecule has 1 rings (SSSR count). The van der Waals surface area contributed by atoms with E-state index < -0.39 is 10.0 Å². The lowest BCUT2D eigenvalue weighted by Gasteiger charge is -2.08. The van der Waals surface area contributed by atoms with E-state index in [1.807, 2.05) is 0 Å². The lowest BCUT2D eigenvalue weighted by Crippen LogP contribution is -2.20. The SMILES string of the molecule is CNC(=O)Cc1ccc(NS(=O)(=O)CCCCCl)cc1. The molecular weight excluding hydrogens is 300 g/mol. The molecule has 0 aliphatic rings. The number of carbonyl (C=O) groups is 1. The maximum absolute atomic E-state index is 11.8. The number of sulfonamides is 1. The average molecular weight is 319 g/mol. The van der Waals surface area contributed by atoms with Gasteiger partial charge in [0.25, 0.3) is 0 Å². The lowest BCUT2D eigenvalue weighted by molar-refractivity contribution is -0.119. The Bertz CT molecular complexity index is 529. The molecule has 2 N–H and O–H groups in total. The Balaban J connectivity index is 2.58. The van der Waals surface area contributed by atoms with E-state index in [1.165, 1.54) is 0 Å². The van der Waals surface area contributed by atoms with Crippen LogP contribution in [-0.2, 0) is 21.2 Å². The van der Waals surface area contributed by atoms with E-state index in [-0.39, 0.29) is 18.1 Å². The Morgan fingerprint density at radius 2 is 1.85 bits per heavy atom. The molecule has 0 bridgehead atoms. The molecule has 1 aromatic carbocycles. The van der Waals surface area contributed by atoms with Crippen LogP contribution in [0.3, 0.4) is 0 Å². The van der Waals surface area contributed by atoms with Crippen molar-refractivity contribution in [2.24, 2.45) is 0 Å². The van der Waals surface area contributed by atoms with Crippen LogP contribution in [0.1, 0.15) is 18.4 Å². The van der Waals surface area contributed by atoms with Gasteiger partial charge < -0.3 is 5.32 Å². The molecular formula is C13H19ClN2O3S. The zero-order valence-electron chi connectivity index (χ0n) is 11.4. The number of amides is 1. The van der Waals surface area contributed by atoms with Gasteiger partial charge in [0.1, 0.15) is 0 Å². The van der Waals surface area contributed by atoms with Gasteiger partial charge in [-0.25, -0.2) is 8.42 Å². The summed E-state index contributed by atoms with van der Waals surface area (Å²) in [5, 5.41) is 2.53. The molecule has 0 spiro atoms. The van der Waals surface area contributed by atoms with E-state index in [0.717, 1.165) is 5.56 Å². The van der Waals surface area contributed by atoms with Crippen molar-refractivity contribution in [3.05, 3.63) is 29.8 Å². The highest BCUT2D eigenvalue weighted by atomic mass is 35.5. The summed E-state index contributed by atoms with van der Waals surface area (Å²) in [7, 11) is -1.76. The molecule has 0 unspecified atom stereocenters. The fourth-order valence-corrected chi connectivity index (χ4v) is 2.95. The largest absolute Gasteiger partial charge is 0.359 e. The molecule has 0 heterocycles. The molecule has 0 saturated heterocycles. The Hall–Kier alpha value is -1.27. The van der Waals surface area contributed by atoms with Crippen LogP contribution in [0.4, 0.5) is 5.69 Å². The minimum Gasteiger partial charge on any atom is -0.359 e. The highest BCUT2D eigenvalue weighted by Gasteiger charge is 2.10. The zero-order chi connectivity index (χ0) is 15.0. The number of alkyl halides is 1. The minimum absolute atomic E-state index is 0.0553. The van der Waals surface area contributed by atoms with Crippen LogP contribution in [0, 0.1) is 0 Å². The second kappa shape index (κ2) is 8.11. The number of benzene rings is 1. The molecule has 112 valence electrons. The first kappa shape index (κ1) is 16.8. The number of anilines is 1. The first-order valence-electron chi connectivity index (χ1n) is 6.33. The Morgan fingerprint density at radius 3 is 2.40 bits per heavy atom. The minimum atomic E-state index is -3.34. The van der Waals surface area contributed by atoms with Gasteiger partial charge >= 0.3 is 0 Å². The molecule has 0 fully saturated rings. The van der Waals surface area contributed by atoms with Gasteiger partial charge in [-0.1, -0.05) is 12.1 Å². The Morgan fingerprint density at radius 1 is 1.20 bits per heavy atom. The fraction of sp³-hybridized carbons (Fsp3) is 0.462. The van der Waals surface area contributed by atoms with Crippen LogP contribution in [0.5, 0.6) is 0 Å². The summed E-state index contributed by atoms with van der Waals surface area (Å²) in [6.07, 6.45) is 1.49. The highest BCUT2D eigenvalue weighted by molar-refractivity contribution is 7.92. The number of halogens is 1. The van der Waals surface area contributed by atoms with Crippen LogP contribution in [-0.4, -0.2) is 33.0 Å². The van der Waals surface area contributed by atoms with Crippen LogP contribution in [0.2, 0.25) is 0 Å². The molecule has 1 aromatic rings. The number of hydrogen-bond acceptors (Lipinski definition) is 3. The first-order valence-corrected chi connectivity index (χ1v) is 8.51. The van der Waals surface area contributed by atoms with Gasteiger partial charge in [0, 0.05) is 18.6 Å². The topological polar surface area (TPSA) is 75.3 Å². The van der Waals surface area contributed by atoms with Gasteiger partial charge in [-0.05, 0) is 30.5 Å². The predicted molar refractivity (Wildman–Crippen MR) is 81.6 cm³/mol. The zero-order valence-corrected chi connectivity index (χ0v) is 12.9. The van der Waals surface area contributed by atoms with Crippen molar-refractivity contribution in [2.45, 2.75) is 19.3 Å². The second-order valence-corrected chi connectivity index (χ2v) is 6.58. The third-order valence-corrected chi connectivity index (χ3v) is 4.31. The average Bonchev–Trinajstić information content (AvgIpc) is 2.40. The normalized spacial score (nSPS) is 11.1.